The van der Waals surface area contributed by atoms with E-state index < -0.39 is 0 Å². The van der Waals surface area contributed by atoms with E-state index in [4.69, 9.17) is 11.6 Å². The van der Waals surface area contributed by atoms with Gasteiger partial charge < -0.3 is 4.90 Å². The molecule has 0 N–H and O–H groups in total. The Bertz CT molecular complexity index is 462. The first-order valence-electron chi connectivity index (χ1n) is 7.11. The molecule has 1 aliphatic rings. The monoisotopic (exact) mass is 295 g/mol. The van der Waals surface area contributed by atoms with Crippen LogP contribution in [0, 0.1) is 12.8 Å². The second kappa shape index (κ2) is 6.55. The van der Waals surface area contributed by atoms with Gasteiger partial charge in [-0.15, -0.1) is 0 Å². The van der Waals surface area contributed by atoms with Crippen LogP contribution in [-0.2, 0) is 0 Å². The number of piperazine rings is 1. The standard InChI is InChI=1S/C15H22ClN3O/c1-11(2)10-18-4-6-19(7-5-18)15(20)13-8-12(3)17-14(16)9-13/h8-9,11H,4-7,10H2,1-3H3. The van der Waals surface area contributed by atoms with Gasteiger partial charge >= 0.3 is 0 Å². The molecule has 1 aromatic rings. The maximum Gasteiger partial charge on any atom is 0.254 e. The summed E-state index contributed by atoms with van der Waals surface area (Å²) in [6, 6.07) is 3.45. The number of nitrogens with zero attached hydrogens (tertiary/aromatic N) is 3. The molecule has 0 saturated carbocycles. The Kier molecular flexibility index (Phi) is 5.00. The molecule has 1 fully saturated rings. The first-order valence-corrected chi connectivity index (χ1v) is 7.49. The van der Waals surface area contributed by atoms with E-state index in [0.29, 0.717) is 16.6 Å². The van der Waals surface area contributed by atoms with E-state index in [1.54, 1.807) is 12.1 Å². The Balaban J connectivity index is 1.98. The van der Waals surface area contributed by atoms with Crippen molar-refractivity contribution in [2.75, 3.05) is 32.7 Å². The van der Waals surface area contributed by atoms with Crippen LogP contribution in [0.4, 0.5) is 0 Å². The summed E-state index contributed by atoms with van der Waals surface area (Å²) in [7, 11) is 0. The molecule has 4 nitrogen and oxygen atoms in total. The molecule has 1 amide bonds. The van der Waals surface area contributed by atoms with Crippen molar-refractivity contribution in [3.05, 3.63) is 28.5 Å². The maximum absolute atomic E-state index is 12.5. The third kappa shape index (κ3) is 3.93. The highest BCUT2D eigenvalue weighted by Crippen LogP contribution is 2.14. The fourth-order valence-corrected chi connectivity index (χ4v) is 2.83. The number of hydrogen-bond donors (Lipinski definition) is 0. The molecule has 0 unspecified atom stereocenters. The van der Waals surface area contributed by atoms with Crippen LogP contribution in [0.3, 0.4) is 0 Å². The van der Waals surface area contributed by atoms with Crippen molar-refractivity contribution in [1.29, 1.82) is 0 Å². The van der Waals surface area contributed by atoms with Gasteiger partial charge in [0.15, 0.2) is 0 Å². The summed E-state index contributed by atoms with van der Waals surface area (Å²) in [5.74, 6) is 0.723. The average molecular weight is 296 g/mol. The number of aryl methyl sites for hydroxylation is 1. The van der Waals surface area contributed by atoms with Gasteiger partial charge in [-0.1, -0.05) is 25.4 Å². The van der Waals surface area contributed by atoms with Gasteiger partial charge in [0.05, 0.1) is 0 Å². The van der Waals surface area contributed by atoms with Crippen molar-refractivity contribution in [3.63, 3.8) is 0 Å². The number of aromatic nitrogens is 1. The molecule has 2 rings (SSSR count). The molecule has 110 valence electrons. The number of carbonyl (C=O) groups excluding carboxylic acids is 1. The molecule has 0 atom stereocenters. The summed E-state index contributed by atoms with van der Waals surface area (Å²) >= 11 is 5.92. The number of amides is 1. The average Bonchev–Trinajstić information content (AvgIpc) is 2.37. The van der Waals surface area contributed by atoms with Gasteiger partial charge in [0.25, 0.3) is 5.91 Å². The summed E-state index contributed by atoms with van der Waals surface area (Å²) in [4.78, 5) is 20.9. The van der Waals surface area contributed by atoms with Crippen molar-refractivity contribution in [2.45, 2.75) is 20.8 Å². The van der Waals surface area contributed by atoms with Gasteiger partial charge in [-0.3, -0.25) is 9.69 Å². The smallest absolute Gasteiger partial charge is 0.254 e. The molecule has 0 radical (unpaired) electrons. The van der Waals surface area contributed by atoms with E-state index >= 15 is 0 Å². The van der Waals surface area contributed by atoms with Gasteiger partial charge in [0.2, 0.25) is 0 Å². The van der Waals surface area contributed by atoms with Gasteiger partial charge in [-0.25, -0.2) is 4.98 Å². The van der Waals surface area contributed by atoms with E-state index in [9.17, 15) is 4.79 Å². The lowest BCUT2D eigenvalue weighted by Crippen LogP contribution is -2.49. The fraction of sp³-hybridized carbons (Fsp3) is 0.600. The van der Waals surface area contributed by atoms with Gasteiger partial charge in [0, 0.05) is 44.0 Å². The molecule has 1 aliphatic heterocycles. The second-order valence-electron chi connectivity index (χ2n) is 5.81. The largest absolute Gasteiger partial charge is 0.336 e. The van der Waals surface area contributed by atoms with Crippen molar-refractivity contribution >= 4 is 17.5 Å². The van der Waals surface area contributed by atoms with E-state index in [-0.39, 0.29) is 5.91 Å². The zero-order chi connectivity index (χ0) is 14.7. The Hall–Kier alpha value is -1.13. The third-order valence-electron chi connectivity index (χ3n) is 3.45. The quantitative estimate of drug-likeness (QED) is 0.804. The van der Waals surface area contributed by atoms with Crippen LogP contribution in [0.15, 0.2) is 12.1 Å². The molecular weight excluding hydrogens is 274 g/mol. The Morgan fingerprint density at radius 3 is 2.50 bits per heavy atom. The highest BCUT2D eigenvalue weighted by molar-refractivity contribution is 6.29. The van der Waals surface area contributed by atoms with Crippen molar-refractivity contribution in [3.8, 4) is 0 Å². The SMILES string of the molecule is Cc1cc(C(=O)N2CCN(CC(C)C)CC2)cc(Cl)n1. The molecular formula is C15H22ClN3O. The Morgan fingerprint density at radius 1 is 1.30 bits per heavy atom. The molecule has 20 heavy (non-hydrogen) atoms. The third-order valence-corrected chi connectivity index (χ3v) is 3.65. The minimum absolute atomic E-state index is 0.0570. The zero-order valence-electron chi connectivity index (χ0n) is 12.4. The topological polar surface area (TPSA) is 36.4 Å². The van der Waals surface area contributed by atoms with Gasteiger partial charge in [-0.2, -0.15) is 0 Å². The molecule has 1 aromatic heterocycles. The maximum atomic E-state index is 12.5. The van der Waals surface area contributed by atoms with Crippen LogP contribution >= 0.6 is 11.6 Å². The van der Waals surface area contributed by atoms with Gasteiger partial charge in [0.1, 0.15) is 5.15 Å². The predicted octanol–water partition coefficient (Wildman–Crippen LogP) is 2.46. The lowest BCUT2D eigenvalue weighted by atomic mass is 10.1. The van der Waals surface area contributed by atoms with E-state index in [1.807, 2.05) is 11.8 Å². The molecule has 2 heterocycles. The lowest BCUT2D eigenvalue weighted by Gasteiger charge is -2.35. The van der Waals surface area contributed by atoms with Crippen LogP contribution in [0.5, 0.6) is 0 Å². The van der Waals surface area contributed by atoms with Crippen LogP contribution in [-0.4, -0.2) is 53.4 Å². The first kappa shape index (κ1) is 15.3. The van der Waals surface area contributed by atoms with Crippen molar-refractivity contribution in [2.24, 2.45) is 5.92 Å². The normalized spacial score (nSPS) is 16.8. The predicted molar refractivity (Wildman–Crippen MR) is 81.2 cm³/mol. The van der Waals surface area contributed by atoms with Crippen molar-refractivity contribution < 1.29 is 4.79 Å². The number of halogens is 1. The molecule has 1 saturated heterocycles. The van der Waals surface area contributed by atoms with E-state index in [0.717, 1.165) is 38.4 Å². The van der Waals surface area contributed by atoms with Gasteiger partial charge in [-0.05, 0) is 25.0 Å². The molecule has 0 bridgehead atoms. The number of carbonyl (C=O) groups is 1. The molecule has 0 spiro atoms. The van der Waals surface area contributed by atoms with Crippen LogP contribution < -0.4 is 0 Å². The lowest BCUT2D eigenvalue weighted by molar-refractivity contribution is 0.0623. The summed E-state index contributed by atoms with van der Waals surface area (Å²) in [6.07, 6.45) is 0. The summed E-state index contributed by atoms with van der Waals surface area (Å²) in [5.41, 5.74) is 1.42. The van der Waals surface area contributed by atoms with Crippen LogP contribution in [0.25, 0.3) is 0 Å². The zero-order valence-corrected chi connectivity index (χ0v) is 13.2. The first-order chi connectivity index (χ1) is 9.45. The highest BCUT2D eigenvalue weighted by Gasteiger charge is 2.22. The molecule has 5 heteroatoms. The Morgan fingerprint density at radius 2 is 1.95 bits per heavy atom. The molecule has 0 aliphatic carbocycles. The second-order valence-corrected chi connectivity index (χ2v) is 6.19. The fourth-order valence-electron chi connectivity index (χ4n) is 2.58. The summed E-state index contributed by atoms with van der Waals surface area (Å²) < 4.78 is 0. The summed E-state index contributed by atoms with van der Waals surface area (Å²) in [5, 5.41) is 0.381. The van der Waals surface area contributed by atoms with Crippen LogP contribution in [0.2, 0.25) is 5.15 Å². The highest BCUT2D eigenvalue weighted by atomic mass is 35.5. The van der Waals surface area contributed by atoms with E-state index in [2.05, 4.69) is 23.7 Å². The van der Waals surface area contributed by atoms with Crippen LogP contribution in [0.1, 0.15) is 29.9 Å². The summed E-state index contributed by atoms with van der Waals surface area (Å²) in [6.45, 7) is 10.8. The number of hydrogen-bond acceptors (Lipinski definition) is 3. The number of rotatable bonds is 3. The Labute approximate surface area is 125 Å². The van der Waals surface area contributed by atoms with E-state index in [1.165, 1.54) is 0 Å². The minimum atomic E-state index is 0.0570. The van der Waals surface area contributed by atoms with Crippen molar-refractivity contribution in [1.82, 2.24) is 14.8 Å². The molecule has 0 aromatic carbocycles. The number of pyridine rings is 1. The minimum Gasteiger partial charge on any atom is -0.336 e.